The summed E-state index contributed by atoms with van der Waals surface area (Å²) in [5.41, 5.74) is 0.813. The summed E-state index contributed by atoms with van der Waals surface area (Å²) < 4.78 is 34.5. The van der Waals surface area contributed by atoms with Crippen molar-refractivity contribution in [2.45, 2.75) is 25.9 Å². The summed E-state index contributed by atoms with van der Waals surface area (Å²) in [6.07, 6.45) is 3.95. The van der Waals surface area contributed by atoms with E-state index >= 15 is 0 Å². The fourth-order valence-electron chi connectivity index (χ4n) is 3.06. The van der Waals surface area contributed by atoms with E-state index in [0.717, 1.165) is 25.9 Å². The number of halogens is 3. The van der Waals surface area contributed by atoms with Crippen LogP contribution in [-0.2, 0) is 6.42 Å². The van der Waals surface area contributed by atoms with Crippen LogP contribution in [0.2, 0.25) is 5.02 Å². The third kappa shape index (κ3) is 5.44. The highest BCUT2D eigenvalue weighted by molar-refractivity contribution is 6.33. The molecule has 1 N–H and O–H groups in total. The van der Waals surface area contributed by atoms with E-state index in [1.165, 1.54) is 19.4 Å². The number of rotatable bonds is 8. The van der Waals surface area contributed by atoms with Gasteiger partial charge >= 0.3 is 6.61 Å². The first-order chi connectivity index (χ1) is 14.0. The predicted octanol–water partition coefficient (Wildman–Crippen LogP) is 3.31. The molecule has 0 unspecified atom stereocenters. The van der Waals surface area contributed by atoms with Gasteiger partial charge in [-0.3, -0.25) is 4.79 Å². The number of ether oxygens (including phenoxy) is 2. The number of hydrogen-bond donors (Lipinski definition) is 1. The quantitative estimate of drug-likeness (QED) is 0.698. The summed E-state index contributed by atoms with van der Waals surface area (Å²) >= 11 is 6.09. The highest BCUT2D eigenvalue weighted by atomic mass is 35.5. The largest absolute Gasteiger partial charge is 0.493 e. The van der Waals surface area contributed by atoms with E-state index in [0.29, 0.717) is 17.9 Å². The average Bonchev–Trinajstić information content (AvgIpc) is 3.23. The third-order valence-corrected chi connectivity index (χ3v) is 4.76. The van der Waals surface area contributed by atoms with Crippen LogP contribution < -0.4 is 19.7 Å². The number of carbonyl (C=O) groups excluding carboxylic acids is 1. The molecule has 1 aromatic carbocycles. The molecular formula is C19H21ClF2N4O3. The lowest BCUT2D eigenvalue weighted by Gasteiger charge is -2.16. The number of methoxy groups -OCH3 is 1. The van der Waals surface area contributed by atoms with Gasteiger partial charge in [0.1, 0.15) is 0 Å². The Kier molecular flexibility index (Phi) is 7.03. The van der Waals surface area contributed by atoms with Crippen molar-refractivity contribution < 1.29 is 23.0 Å². The molecule has 0 radical (unpaired) electrons. The van der Waals surface area contributed by atoms with Gasteiger partial charge in [0.25, 0.3) is 5.91 Å². The Bertz CT molecular complexity index is 863. The SMILES string of the molecule is COc1ccc(CCNC(=O)c2nc(N3CCCC3)ncc2Cl)cc1OC(F)F. The number of hydrogen-bond acceptors (Lipinski definition) is 6. The van der Waals surface area contributed by atoms with Gasteiger partial charge in [0.05, 0.1) is 18.3 Å². The summed E-state index contributed by atoms with van der Waals surface area (Å²) in [4.78, 5) is 23.0. The average molecular weight is 427 g/mol. The highest BCUT2D eigenvalue weighted by Gasteiger charge is 2.19. The van der Waals surface area contributed by atoms with Crippen LogP contribution in [-0.4, -0.2) is 49.2 Å². The smallest absolute Gasteiger partial charge is 0.387 e. The van der Waals surface area contributed by atoms with Crippen molar-refractivity contribution in [1.29, 1.82) is 0 Å². The zero-order valence-electron chi connectivity index (χ0n) is 15.8. The molecule has 10 heteroatoms. The number of nitrogens with zero attached hydrogens (tertiary/aromatic N) is 3. The number of carbonyl (C=O) groups is 1. The summed E-state index contributed by atoms with van der Waals surface area (Å²) in [5, 5.41) is 2.91. The molecule has 1 amide bonds. The molecule has 1 aromatic heterocycles. The van der Waals surface area contributed by atoms with E-state index < -0.39 is 12.5 Å². The van der Waals surface area contributed by atoms with Gasteiger partial charge < -0.3 is 19.7 Å². The van der Waals surface area contributed by atoms with Crippen molar-refractivity contribution in [1.82, 2.24) is 15.3 Å². The van der Waals surface area contributed by atoms with Crippen molar-refractivity contribution >= 4 is 23.5 Å². The lowest BCUT2D eigenvalue weighted by molar-refractivity contribution is -0.0512. The van der Waals surface area contributed by atoms with E-state index in [4.69, 9.17) is 16.3 Å². The van der Waals surface area contributed by atoms with Gasteiger partial charge in [0.15, 0.2) is 17.2 Å². The Morgan fingerprint density at radius 1 is 1.31 bits per heavy atom. The molecule has 0 atom stereocenters. The summed E-state index contributed by atoms with van der Waals surface area (Å²) in [7, 11) is 1.37. The molecular weight excluding hydrogens is 406 g/mol. The molecule has 1 aliphatic heterocycles. The van der Waals surface area contributed by atoms with E-state index in [2.05, 4.69) is 20.0 Å². The predicted molar refractivity (Wildman–Crippen MR) is 104 cm³/mol. The molecule has 2 heterocycles. The Labute approximate surface area is 172 Å². The van der Waals surface area contributed by atoms with Crippen molar-refractivity contribution in [2.75, 3.05) is 31.6 Å². The lowest BCUT2D eigenvalue weighted by Crippen LogP contribution is -2.28. The van der Waals surface area contributed by atoms with Crippen LogP contribution in [0.25, 0.3) is 0 Å². The topological polar surface area (TPSA) is 76.6 Å². The maximum atomic E-state index is 12.5. The fraction of sp³-hybridized carbons (Fsp3) is 0.421. The van der Waals surface area contributed by atoms with Crippen molar-refractivity contribution in [3.8, 4) is 11.5 Å². The number of amides is 1. The molecule has 2 aromatic rings. The third-order valence-electron chi connectivity index (χ3n) is 4.48. The Balaban J connectivity index is 1.62. The van der Waals surface area contributed by atoms with Crippen LogP contribution in [0, 0.1) is 0 Å². The highest BCUT2D eigenvalue weighted by Crippen LogP contribution is 2.29. The first-order valence-corrected chi connectivity index (χ1v) is 9.53. The molecule has 156 valence electrons. The fourth-order valence-corrected chi connectivity index (χ4v) is 3.23. The molecule has 1 saturated heterocycles. The second kappa shape index (κ2) is 9.69. The van der Waals surface area contributed by atoms with Gasteiger partial charge in [-0.25, -0.2) is 9.97 Å². The van der Waals surface area contributed by atoms with Crippen LogP contribution in [0.5, 0.6) is 11.5 Å². The number of anilines is 1. The van der Waals surface area contributed by atoms with E-state index in [9.17, 15) is 13.6 Å². The number of benzene rings is 1. The van der Waals surface area contributed by atoms with Crippen LogP contribution >= 0.6 is 11.6 Å². The van der Waals surface area contributed by atoms with Gasteiger partial charge in [-0.2, -0.15) is 8.78 Å². The molecule has 7 nitrogen and oxygen atoms in total. The van der Waals surface area contributed by atoms with E-state index in [-0.39, 0.29) is 28.8 Å². The monoisotopic (exact) mass is 426 g/mol. The van der Waals surface area contributed by atoms with Gasteiger partial charge in [0.2, 0.25) is 5.95 Å². The summed E-state index contributed by atoms with van der Waals surface area (Å²) in [6, 6.07) is 4.71. The lowest BCUT2D eigenvalue weighted by atomic mass is 10.1. The molecule has 0 spiro atoms. The summed E-state index contributed by atoms with van der Waals surface area (Å²) in [6.45, 7) is -0.992. The minimum atomic E-state index is -2.96. The Morgan fingerprint density at radius 3 is 2.76 bits per heavy atom. The number of alkyl halides is 2. The maximum Gasteiger partial charge on any atom is 0.387 e. The van der Waals surface area contributed by atoms with Gasteiger partial charge in [-0.05, 0) is 37.0 Å². The molecule has 1 aliphatic rings. The standard InChI is InChI=1S/C19H21ClF2N4O3/c1-28-14-5-4-12(10-15(14)29-18(21)22)6-7-23-17(27)16-13(20)11-24-19(25-16)26-8-2-3-9-26/h4-5,10-11,18H,2-3,6-9H2,1H3,(H,23,27). The molecule has 29 heavy (non-hydrogen) atoms. The zero-order valence-corrected chi connectivity index (χ0v) is 16.6. The van der Waals surface area contributed by atoms with Gasteiger partial charge in [0, 0.05) is 19.6 Å². The van der Waals surface area contributed by atoms with Crippen molar-refractivity contribution in [3.63, 3.8) is 0 Å². The van der Waals surface area contributed by atoms with Crippen LogP contribution in [0.1, 0.15) is 28.9 Å². The maximum absolute atomic E-state index is 12.5. The normalized spacial score (nSPS) is 13.6. The Morgan fingerprint density at radius 2 is 2.07 bits per heavy atom. The van der Waals surface area contributed by atoms with E-state index in [1.807, 2.05) is 4.90 Å². The van der Waals surface area contributed by atoms with Crippen LogP contribution in [0.3, 0.4) is 0 Å². The summed E-state index contributed by atoms with van der Waals surface area (Å²) in [5.74, 6) is 0.220. The Hall–Kier alpha value is -2.68. The molecule has 0 bridgehead atoms. The first kappa shape index (κ1) is 21.0. The van der Waals surface area contributed by atoms with E-state index in [1.54, 1.807) is 12.1 Å². The van der Waals surface area contributed by atoms with Crippen molar-refractivity contribution in [2.24, 2.45) is 0 Å². The first-order valence-electron chi connectivity index (χ1n) is 9.15. The number of nitrogens with one attached hydrogen (secondary N) is 1. The molecule has 0 saturated carbocycles. The van der Waals surface area contributed by atoms with Crippen LogP contribution in [0.4, 0.5) is 14.7 Å². The van der Waals surface area contributed by atoms with Gasteiger partial charge in [-0.15, -0.1) is 0 Å². The molecule has 3 rings (SSSR count). The minimum absolute atomic E-state index is 0.0552. The zero-order chi connectivity index (χ0) is 20.8. The second-order valence-corrected chi connectivity index (χ2v) is 6.84. The van der Waals surface area contributed by atoms with Crippen molar-refractivity contribution in [3.05, 3.63) is 40.7 Å². The van der Waals surface area contributed by atoms with Crippen LogP contribution in [0.15, 0.2) is 24.4 Å². The van der Waals surface area contributed by atoms with Gasteiger partial charge in [-0.1, -0.05) is 17.7 Å². The molecule has 1 fully saturated rings. The second-order valence-electron chi connectivity index (χ2n) is 6.43. The number of aromatic nitrogens is 2. The molecule has 0 aliphatic carbocycles. The minimum Gasteiger partial charge on any atom is -0.493 e.